The van der Waals surface area contributed by atoms with Gasteiger partial charge in [-0.1, -0.05) is 35.4 Å². The zero-order valence-corrected chi connectivity index (χ0v) is 11.5. The number of tetrazole rings is 1. The summed E-state index contributed by atoms with van der Waals surface area (Å²) in [4.78, 5) is 0. The third-order valence-corrected chi connectivity index (χ3v) is 2.94. The Balaban J connectivity index is 1.76. The molecule has 0 unspecified atom stereocenters. The molecule has 0 bridgehead atoms. The first-order chi connectivity index (χ1) is 10.4. The maximum absolute atomic E-state index is 5.69. The predicted octanol–water partition coefficient (Wildman–Crippen LogP) is 2.25. The fourth-order valence-electron chi connectivity index (χ4n) is 1.91. The highest BCUT2D eigenvalue weighted by Gasteiger charge is 2.09. The first kappa shape index (κ1) is 13.1. The molecular weight excluding hydrogens is 268 g/mol. The highest BCUT2D eigenvalue weighted by Crippen LogP contribution is 2.16. The third-order valence-electron chi connectivity index (χ3n) is 2.94. The van der Waals surface area contributed by atoms with Gasteiger partial charge in [0.15, 0.2) is 0 Å². The van der Waals surface area contributed by atoms with Crippen LogP contribution >= 0.6 is 0 Å². The number of methoxy groups -OCH3 is 1. The van der Waals surface area contributed by atoms with Crippen LogP contribution in [0, 0.1) is 0 Å². The molecule has 0 aliphatic rings. The molecular formula is C15H14N4O2. The van der Waals surface area contributed by atoms with Gasteiger partial charge in [0.05, 0.1) is 12.8 Å². The Morgan fingerprint density at radius 3 is 2.71 bits per heavy atom. The summed E-state index contributed by atoms with van der Waals surface area (Å²) in [5, 5.41) is 11.5. The summed E-state index contributed by atoms with van der Waals surface area (Å²) >= 11 is 0. The number of benzene rings is 2. The smallest absolute Gasteiger partial charge is 0.340 e. The van der Waals surface area contributed by atoms with Crippen molar-refractivity contribution in [1.82, 2.24) is 20.2 Å². The van der Waals surface area contributed by atoms with Crippen molar-refractivity contribution < 1.29 is 9.47 Å². The normalized spacial score (nSPS) is 10.3. The third kappa shape index (κ3) is 3.00. The van der Waals surface area contributed by atoms with Crippen molar-refractivity contribution in [1.29, 1.82) is 0 Å². The molecule has 1 aromatic heterocycles. The first-order valence-corrected chi connectivity index (χ1v) is 6.46. The van der Waals surface area contributed by atoms with Crippen LogP contribution in [0.4, 0.5) is 0 Å². The van der Waals surface area contributed by atoms with Crippen molar-refractivity contribution in [2.45, 2.75) is 6.61 Å². The molecule has 3 rings (SSSR count). The van der Waals surface area contributed by atoms with Gasteiger partial charge in [-0.15, -0.1) is 0 Å². The Bertz CT molecular complexity index is 712. The summed E-state index contributed by atoms with van der Waals surface area (Å²) in [7, 11) is 1.63. The molecule has 0 spiro atoms. The van der Waals surface area contributed by atoms with E-state index in [4.69, 9.17) is 9.47 Å². The average Bonchev–Trinajstić information content (AvgIpc) is 3.02. The molecule has 0 aliphatic heterocycles. The lowest BCUT2D eigenvalue weighted by Gasteiger charge is -2.07. The van der Waals surface area contributed by atoms with Gasteiger partial charge in [-0.05, 0) is 40.3 Å². The molecule has 3 aromatic rings. The number of aromatic nitrogens is 4. The number of para-hydroxylation sites is 1. The van der Waals surface area contributed by atoms with Gasteiger partial charge < -0.3 is 9.47 Å². The van der Waals surface area contributed by atoms with E-state index in [0.717, 1.165) is 17.0 Å². The van der Waals surface area contributed by atoms with E-state index >= 15 is 0 Å². The SMILES string of the molecule is COc1cccc(COc2nnnn2-c2ccccc2)c1. The molecule has 0 amide bonds. The molecule has 2 aromatic carbocycles. The van der Waals surface area contributed by atoms with Gasteiger partial charge in [-0.2, -0.15) is 4.68 Å². The zero-order valence-electron chi connectivity index (χ0n) is 11.5. The minimum atomic E-state index is 0.351. The summed E-state index contributed by atoms with van der Waals surface area (Å²) in [6.45, 7) is 0.365. The van der Waals surface area contributed by atoms with Gasteiger partial charge in [0, 0.05) is 0 Å². The van der Waals surface area contributed by atoms with Crippen molar-refractivity contribution in [2.75, 3.05) is 7.11 Å². The Morgan fingerprint density at radius 2 is 1.90 bits per heavy atom. The van der Waals surface area contributed by atoms with E-state index in [0.29, 0.717) is 12.6 Å². The average molecular weight is 282 g/mol. The summed E-state index contributed by atoms with van der Waals surface area (Å²) in [5.41, 5.74) is 1.83. The van der Waals surface area contributed by atoms with Crippen molar-refractivity contribution in [3.8, 4) is 17.4 Å². The van der Waals surface area contributed by atoms with Crippen LogP contribution in [0.15, 0.2) is 54.6 Å². The molecule has 6 heteroatoms. The Morgan fingerprint density at radius 1 is 1.05 bits per heavy atom. The van der Waals surface area contributed by atoms with Crippen LogP contribution in [0.3, 0.4) is 0 Å². The van der Waals surface area contributed by atoms with E-state index in [1.165, 1.54) is 0 Å². The van der Waals surface area contributed by atoms with Crippen LogP contribution in [-0.2, 0) is 6.61 Å². The van der Waals surface area contributed by atoms with Crippen molar-refractivity contribution in [3.05, 3.63) is 60.2 Å². The molecule has 0 fully saturated rings. The second kappa shape index (κ2) is 6.04. The minimum absolute atomic E-state index is 0.351. The Hall–Kier alpha value is -2.89. The maximum Gasteiger partial charge on any atom is 0.340 e. The van der Waals surface area contributed by atoms with Gasteiger partial charge in [0.2, 0.25) is 0 Å². The van der Waals surface area contributed by atoms with Crippen LogP contribution in [0.5, 0.6) is 11.8 Å². The molecule has 1 heterocycles. The lowest BCUT2D eigenvalue weighted by molar-refractivity contribution is 0.272. The van der Waals surface area contributed by atoms with Gasteiger partial charge >= 0.3 is 6.01 Å². The van der Waals surface area contributed by atoms with Crippen molar-refractivity contribution in [3.63, 3.8) is 0 Å². The summed E-state index contributed by atoms with van der Waals surface area (Å²) in [6, 6.07) is 17.6. The summed E-state index contributed by atoms with van der Waals surface area (Å²) < 4.78 is 12.4. The summed E-state index contributed by atoms with van der Waals surface area (Å²) in [5.74, 6) is 0.791. The number of nitrogens with zero attached hydrogens (tertiary/aromatic N) is 4. The van der Waals surface area contributed by atoms with Gasteiger partial charge in [-0.25, -0.2) is 0 Å². The Labute approximate surface area is 121 Å². The minimum Gasteiger partial charge on any atom is -0.497 e. The molecule has 6 nitrogen and oxygen atoms in total. The zero-order chi connectivity index (χ0) is 14.5. The monoisotopic (exact) mass is 282 g/mol. The van der Waals surface area contributed by atoms with Crippen molar-refractivity contribution >= 4 is 0 Å². The quantitative estimate of drug-likeness (QED) is 0.718. The first-order valence-electron chi connectivity index (χ1n) is 6.46. The number of hydrogen-bond acceptors (Lipinski definition) is 5. The molecule has 0 radical (unpaired) electrons. The van der Waals surface area contributed by atoms with E-state index in [2.05, 4.69) is 15.5 Å². The van der Waals surface area contributed by atoms with Gasteiger partial charge in [0.25, 0.3) is 0 Å². The lowest BCUT2D eigenvalue weighted by atomic mass is 10.2. The lowest BCUT2D eigenvalue weighted by Crippen LogP contribution is -2.04. The molecule has 0 saturated carbocycles. The van der Waals surface area contributed by atoms with E-state index in [9.17, 15) is 0 Å². The van der Waals surface area contributed by atoms with E-state index in [1.54, 1.807) is 11.8 Å². The standard InChI is InChI=1S/C15H14N4O2/c1-20-14-9-5-6-12(10-14)11-21-15-16-17-18-19(15)13-7-3-2-4-8-13/h2-10H,11H2,1H3. The largest absolute Gasteiger partial charge is 0.497 e. The highest BCUT2D eigenvalue weighted by atomic mass is 16.5. The van der Waals surface area contributed by atoms with E-state index < -0.39 is 0 Å². The van der Waals surface area contributed by atoms with E-state index in [1.807, 2.05) is 54.6 Å². The summed E-state index contributed by atoms with van der Waals surface area (Å²) in [6.07, 6.45) is 0. The van der Waals surface area contributed by atoms with Crippen LogP contribution in [0.2, 0.25) is 0 Å². The molecule has 0 aliphatic carbocycles. The van der Waals surface area contributed by atoms with Crippen LogP contribution < -0.4 is 9.47 Å². The molecule has 106 valence electrons. The fourth-order valence-corrected chi connectivity index (χ4v) is 1.91. The second-order valence-electron chi connectivity index (χ2n) is 4.35. The van der Waals surface area contributed by atoms with Gasteiger partial charge in [0.1, 0.15) is 12.4 Å². The fraction of sp³-hybridized carbons (Fsp3) is 0.133. The topological polar surface area (TPSA) is 62.1 Å². The highest BCUT2D eigenvalue weighted by molar-refractivity contribution is 5.32. The van der Waals surface area contributed by atoms with E-state index in [-0.39, 0.29) is 0 Å². The van der Waals surface area contributed by atoms with Crippen LogP contribution in [-0.4, -0.2) is 27.3 Å². The molecule has 0 N–H and O–H groups in total. The number of hydrogen-bond donors (Lipinski definition) is 0. The molecule has 0 saturated heterocycles. The van der Waals surface area contributed by atoms with Gasteiger partial charge in [-0.3, -0.25) is 0 Å². The molecule has 21 heavy (non-hydrogen) atoms. The predicted molar refractivity (Wildman–Crippen MR) is 76.5 cm³/mol. The second-order valence-corrected chi connectivity index (χ2v) is 4.35. The van der Waals surface area contributed by atoms with Crippen LogP contribution in [0.1, 0.15) is 5.56 Å². The number of rotatable bonds is 5. The molecule has 0 atom stereocenters. The Kier molecular flexibility index (Phi) is 3.77. The van der Waals surface area contributed by atoms with Crippen LogP contribution in [0.25, 0.3) is 5.69 Å². The van der Waals surface area contributed by atoms with Crippen molar-refractivity contribution in [2.24, 2.45) is 0 Å². The maximum atomic E-state index is 5.69. The number of ether oxygens (including phenoxy) is 2.